The zero-order valence-corrected chi connectivity index (χ0v) is 18.7. The second kappa shape index (κ2) is 10.2. The number of carbonyl (C=O) groups is 2. The molecule has 2 aromatic rings. The summed E-state index contributed by atoms with van der Waals surface area (Å²) in [6.45, 7) is 9.26. The third-order valence-corrected chi connectivity index (χ3v) is 6.49. The van der Waals surface area contributed by atoms with Crippen LogP contribution in [0.15, 0.2) is 48.5 Å². The Labute approximate surface area is 189 Å². The van der Waals surface area contributed by atoms with Crippen LogP contribution in [0.3, 0.4) is 0 Å². The lowest BCUT2D eigenvalue weighted by atomic mass is 10.1. The second-order valence-corrected chi connectivity index (χ2v) is 8.66. The number of nitrogens with zero attached hydrogens (tertiary/aromatic N) is 4. The molecule has 0 radical (unpaired) electrons. The van der Waals surface area contributed by atoms with Gasteiger partial charge in [0.05, 0.1) is 6.54 Å². The molecule has 2 aromatic carbocycles. The summed E-state index contributed by atoms with van der Waals surface area (Å²) in [5, 5.41) is 0. The number of aryl methyl sites for hydroxylation is 1. The number of hydrogen-bond acceptors (Lipinski definition) is 4. The highest BCUT2D eigenvalue weighted by Crippen LogP contribution is 2.14. The average molecular weight is 439 g/mol. The summed E-state index contributed by atoms with van der Waals surface area (Å²) >= 11 is 0. The fourth-order valence-corrected chi connectivity index (χ4v) is 4.36. The number of hydrogen-bond donors (Lipinski definition) is 0. The maximum atomic E-state index is 13.1. The summed E-state index contributed by atoms with van der Waals surface area (Å²) in [6, 6.07) is 14.1. The van der Waals surface area contributed by atoms with Crippen LogP contribution >= 0.6 is 0 Å². The van der Waals surface area contributed by atoms with Crippen molar-refractivity contribution in [2.75, 3.05) is 58.9 Å². The van der Waals surface area contributed by atoms with Crippen LogP contribution in [0.2, 0.25) is 0 Å². The topological polar surface area (TPSA) is 47.1 Å². The van der Waals surface area contributed by atoms with Crippen LogP contribution < -0.4 is 0 Å². The van der Waals surface area contributed by atoms with Crippen LogP contribution in [-0.2, 0) is 11.3 Å². The Hall–Kier alpha value is -2.77. The van der Waals surface area contributed by atoms with Crippen LogP contribution in [0.5, 0.6) is 0 Å². The highest BCUT2D eigenvalue weighted by atomic mass is 19.1. The van der Waals surface area contributed by atoms with Crippen molar-refractivity contribution >= 4 is 11.8 Å². The molecule has 0 N–H and O–H groups in total. The number of rotatable bonds is 5. The van der Waals surface area contributed by atoms with Crippen LogP contribution in [-0.4, -0.2) is 90.3 Å². The first-order chi connectivity index (χ1) is 15.5. The minimum atomic E-state index is -0.346. The molecule has 6 nitrogen and oxygen atoms in total. The molecule has 0 unspecified atom stereocenters. The van der Waals surface area contributed by atoms with Crippen molar-refractivity contribution in [2.24, 2.45) is 0 Å². The van der Waals surface area contributed by atoms with Gasteiger partial charge in [-0.25, -0.2) is 4.39 Å². The van der Waals surface area contributed by atoms with Gasteiger partial charge in [-0.1, -0.05) is 24.3 Å². The standard InChI is InChI=1S/C25H31FN4O2/c1-20-4-2-3-5-22(20)18-27-10-14-29(15-11-27)24(31)19-28-12-16-30(17-13-28)25(32)21-6-8-23(26)9-7-21/h2-9H,10-19H2,1H3. The van der Waals surface area contributed by atoms with Crippen molar-refractivity contribution in [1.29, 1.82) is 0 Å². The van der Waals surface area contributed by atoms with Crippen molar-refractivity contribution < 1.29 is 14.0 Å². The van der Waals surface area contributed by atoms with Crippen molar-refractivity contribution in [3.63, 3.8) is 0 Å². The Morgan fingerprint density at radius 3 is 2.03 bits per heavy atom. The molecule has 0 aliphatic carbocycles. The predicted molar refractivity (Wildman–Crippen MR) is 122 cm³/mol. The zero-order valence-electron chi connectivity index (χ0n) is 18.7. The third kappa shape index (κ3) is 5.53. The van der Waals surface area contributed by atoms with Crippen LogP contribution in [0, 0.1) is 12.7 Å². The van der Waals surface area contributed by atoms with Crippen molar-refractivity contribution in [2.45, 2.75) is 13.5 Å². The largest absolute Gasteiger partial charge is 0.339 e. The molecular weight excluding hydrogens is 407 g/mol. The van der Waals surface area contributed by atoms with Gasteiger partial charge < -0.3 is 9.80 Å². The molecule has 2 heterocycles. The van der Waals surface area contributed by atoms with E-state index in [9.17, 15) is 14.0 Å². The molecule has 0 saturated carbocycles. The third-order valence-electron chi connectivity index (χ3n) is 6.49. The van der Waals surface area contributed by atoms with E-state index in [0.717, 1.165) is 32.7 Å². The van der Waals surface area contributed by atoms with Gasteiger partial charge in [-0.2, -0.15) is 0 Å². The van der Waals surface area contributed by atoms with E-state index < -0.39 is 0 Å². The Kier molecular flexibility index (Phi) is 7.17. The van der Waals surface area contributed by atoms with E-state index in [2.05, 4.69) is 41.0 Å². The summed E-state index contributed by atoms with van der Waals surface area (Å²) < 4.78 is 13.1. The molecule has 170 valence electrons. The first-order valence-electron chi connectivity index (χ1n) is 11.3. The minimum absolute atomic E-state index is 0.0826. The van der Waals surface area contributed by atoms with Gasteiger partial charge in [-0.15, -0.1) is 0 Å². The smallest absolute Gasteiger partial charge is 0.253 e. The van der Waals surface area contributed by atoms with Crippen molar-refractivity contribution in [3.8, 4) is 0 Å². The molecule has 2 saturated heterocycles. The van der Waals surface area contributed by atoms with Gasteiger partial charge in [0.25, 0.3) is 5.91 Å². The first kappa shape index (κ1) is 22.4. The first-order valence-corrected chi connectivity index (χ1v) is 11.3. The predicted octanol–water partition coefficient (Wildman–Crippen LogP) is 2.24. The molecule has 0 atom stereocenters. The highest BCUT2D eigenvalue weighted by molar-refractivity contribution is 5.94. The van der Waals surface area contributed by atoms with Gasteiger partial charge in [0.1, 0.15) is 5.82 Å². The average Bonchev–Trinajstić information content (AvgIpc) is 2.81. The Balaban J connectivity index is 1.20. The Morgan fingerprint density at radius 2 is 1.38 bits per heavy atom. The Morgan fingerprint density at radius 1 is 0.781 bits per heavy atom. The van der Waals surface area contributed by atoms with E-state index in [1.807, 2.05) is 4.90 Å². The van der Waals surface area contributed by atoms with Gasteiger partial charge in [0, 0.05) is 64.5 Å². The molecular formula is C25H31FN4O2. The summed E-state index contributed by atoms with van der Waals surface area (Å²) in [7, 11) is 0. The lowest BCUT2D eigenvalue weighted by molar-refractivity contribution is -0.134. The van der Waals surface area contributed by atoms with E-state index in [-0.39, 0.29) is 17.6 Å². The normalized spacial score (nSPS) is 18.1. The number of halogens is 1. The lowest BCUT2D eigenvalue weighted by Gasteiger charge is -2.38. The SMILES string of the molecule is Cc1ccccc1CN1CCN(C(=O)CN2CCN(C(=O)c3ccc(F)cc3)CC2)CC1. The maximum absolute atomic E-state index is 13.1. The maximum Gasteiger partial charge on any atom is 0.253 e. The molecule has 2 amide bonds. The van der Waals surface area contributed by atoms with Crippen molar-refractivity contribution in [3.05, 3.63) is 71.0 Å². The summed E-state index contributed by atoms with van der Waals surface area (Å²) in [6.07, 6.45) is 0. The number of amides is 2. The number of carbonyl (C=O) groups excluding carboxylic acids is 2. The molecule has 4 rings (SSSR count). The molecule has 32 heavy (non-hydrogen) atoms. The molecule has 2 aliphatic rings. The van der Waals surface area contributed by atoms with Gasteiger partial charge in [-0.05, 0) is 42.3 Å². The molecule has 0 spiro atoms. The van der Waals surface area contributed by atoms with E-state index in [1.54, 1.807) is 4.90 Å². The summed E-state index contributed by atoms with van der Waals surface area (Å²) in [5.74, 6) is -0.263. The molecule has 2 fully saturated rings. The van der Waals surface area contributed by atoms with E-state index >= 15 is 0 Å². The summed E-state index contributed by atoms with van der Waals surface area (Å²) in [4.78, 5) is 33.6. The van der Waals surface area contributed by atoms with Gasteiger partial charge in [0.15, 0.2) is 0 Å². The molecule has 0 aromatic heterocycles. The van der Waals surface area contributed by atoms with Crippen LogP contribution in [0.1, 0.15) is 21.5 Å². The van der Waals surface area contributed by atoms with Gasteiger partial charge in [0.2, 0.25) is 5.91 Å². The van der Waals surface area contributed by atoms with E-state index in [1.165, 1.54) is 35.4 Å². The Bertz CT molecular complexity index is 933. The fraction of sp³-hybridized carbons (Fsp3) is 0.440. The van der Waals surface area contributed by atoms with Crippen LogP contribution in [0.25, 0.3) is 0 Å². The van der Waals surface area contributed by atoms with Gasteiger partial charge in [-0.3, -0.25) is 19.4 Å². The van der Waals surface area contributed by atoms with E-state index in [4.69, 9.17) is 0 Å². The molecule has 7 heteroatoms. The van der Waals surface area contributed by atoms with E-state index in [0.29, 0.717) is 38.3 Å². The highest BCUT2D eigenvalue weighted by Gasteiger charge is 2.26. The zero-order chi connectivity index (χ0) is 22.5. The monoisotopic (exact) mass is 438 g/mol. The number of piperazine rings is 2. The fourth-order valence-electron chi connectivity index (χ4n) is 4.36. The number of benzene rings is 2. The molecule has 2 aliphatic heterocycles. The van der Waals surface area contributed by atoms with Gasteiger partial charge >= 0.3 is 0 Å². The minimum Gasteiger partial charge on any atom is -0.339 e. The second-order valence-electron chi connectivity index (χ2n) is 8.66. The van der Waals surface area contributed by atoms with Crippen LogP contribution in [0.4, 0.5) is 4.39 Å². The quantitative estimate of drug-likeness (QED) is 0.719. The van der Waals surface area contributed by atoms with Crippen molar-refractivity contribution in [1.82, 2.24) is 19.6 Å². The summed E-state index contributed by atoms with van der Waals surface area (Å²) in [5.41, 5.74) is 3.16. The lowest BCUT2D eigenvalue weighted by Crippen LogP contribution is -2.54. The molecule has 0 bridgehead atoms.